The molecule has 2 aromatic carbocycles. The molecule has 34 heavy (non-hydrogen) atoms. The summed E-state index contributed by atoms with van der Waals surface area (Å²) in [5, 5.41) is 12.0. The normalized spacial score (nSPS) is 14.4. The summed E-state index contributed by atoms with van der Waals surface area (Å²) in [6, 6.07) is 7.64. The predicted octanol–water partition coefficient (Wildman–Crippen LogP) is 3.88. The molecule has 0 bridgehead atoms. The van der Waals surface area contributed by atoms with Gasteiger partial charge < -0.3 is 25.7 Å². The lowest BCUT2D eigenvalue weighted by Gasteiger charge is -2.24. The Labute approximate surface area is 197 Å². The minimum absolute atomic E-state index is 0.0725. The Hall–Kier alpha value is -3.66. The first kappa shape index (κ1) is 23.5. The van der Waals surface area contributed by atoms with Gasteiger partial charge in [0.05, 0.1) is 45.7 Å². The first-order chi connectivity index (χ1) is 16.3. The van der Waals surface area contributed by atoms with Crippen molar-refractivity contribution in [2.75, 3.05) is 37.9 Å². The van der Waals surface area contributed by atoms with E-state index in [1.165, 1.54) is 19.3 Å². The van der Waals surface area contributed by atoms with Crippen LogP contribution in [0.3, 0.4) is 0 Å². The molecule has 0 radical (unpaired) electrons. The quantitative estimate of drug-likeness (QED) is 0.291. The summed E-state index contributed by atoms with van der Waals surface area (Å²) < 4.78 is 7.34. The van der Waals surface area contributed by atoms with Gasteiger partial charge >= 0.3 is 5.69 Å². The van der Waals surface area contributed by atoms with E-state index in [4.69, 9.17) is 16.2 Å². The van der Waals surface area contributed by atoms with Crippen LogP contribution >= 0.6 is 0 Å². The van der Waals surface area contributed by atoms with Gasteiger partial charge in [-0.1, -0.05) is 25.3 Å². The first-order valence-electron chi connectivity index (χ1n) is 11.4. The number of benzene rings is 2. The van der Waals surface area contributed by atoms with Crippen LogP contribution < -0.4 is 16.4 Å². The van der Waals surface area contributed by atoms with Gasteiger partial charge in [0.1, 0.15) is 5.69 Å². The predicted molar refractivity (Wildman–Crippen MR) is 132 cm³/mol. The standard InChI is InChI=1S/C24H30N6O4/c1-28(10-11-34-2)20-13-17(23(30(32)33)22(25)21(20)24(26)31)15-8-9-19-18(12-15)27-14-29(19)16-6-4-3-5-7-16/h8-9,12-14,16H,3-7,10-11,25H2,1-2H3,(H2,26,31). The summed E-state index contributed by atoms with van der Waals surface area (Å²) >= 11 is 0. The zero-order valence-electron chi connectivity index (χ0n) is 19.5. The van der Waals surface area contributed by atoms with Crippen LogP contribution in [-0.2, 0) is 4.74 Å². The van der Waals surface area contributed by atoms with E-state index in [-0.39, 0.29) is 16.9 Å². The number of nitro groups is 1. The van der Waals surface area contributed by atoms with Crippen molar-refractivity contribution < 1.29 is 14.5 Å². The summed E-state index contributed by atoms with van der Waals surface area (Å²) in [4.78, 5) is 30.0. The third kappa shape index (κ3) is 4.28. The van der Waals surface area contributed by atoms with Crippen molar-refractivity contribution in [3.63, 3.8) is 0 Å². The third-order valence-electron chi connectivity index (χ3n) is 6.64. The molecule has 3 aromatic rings. The van der Waals surface area contributed by atoms with Gasteiger partial charge in [0, 0.05) is 26.7 Å². The minimum atomic E-state index is -0.826. The molecule has 0 aliphatic heterocycles. The van der Waals surface area contributed by atoms with Gasteiger partial charge in [0.25, 0.3) is 5.91 Å². The highest BCUT2D eigenvalue weighted by Gasteiger charge is 2.29. The molecule has 1 aliphatic carbocycles. The molecule has 1 heterocycles. The number of hydrogen-bond donors (Lipinski definition) is 2. The second-order valence-electron chi connectivity index (χ2n) is 8.76. The number of aromatic nitrogens is 2. The van der Waals surface area contributed by atoms with E-state index in [2.05, 4.69) is 9.55 Å². The lowest BCUT2D eigenvalue weighted by molar-refractivity contribution is -0.383. The number of hydrogen-bond acceptors (Lipinski definition) is 7. The molecule has 0 atom stereocenters. The molecule has 10 heteroatoms. The van der Waals surface area contributed by atoms with Crippen molar-refractivity contribution in [1.82, 2.24) is 9.55 Å². The average Bonchev–Trinajstić information content (AvgIpc) is 3.25. The molecule has 10 nitrogen and oxygen atoms in total. The van der Waals surface area contributed by atoms with Crippen LogP contribution in [0.1, 0.15) is 48.5 Å². The summed E-state index contributed by atoms with van der Waals surface area (Å²) in [5.74, 6) is -0.826. The highest BCUT2D eigenvalue weighted by molar-refractivity contribution is 6.08. The van der Waals surface area contributed by atoms with Gasteiger partial charge in [0.2, 0.25) is 0 Å². The number of nitrogens with two attached hydrogens (primary N) is 2. The maximum absolute atomic E-state index is 12.2. The molecular weight excluding hydrogens is 436 g/mol. The van der Waals surface area contributed by atoms with Crippen molar-refractivity contribution >= 4 is 34.0 Å². The fourth-order valence-electron chi connectivity index (χ4n) is 4.85. The summed E-state index contributed by atoms with van der Waals surface area (Å²) in [7, 11) is 3.32. The molecule has 0 unspecified atom stereocenters. The Kier molecular flexibility index (Phi) is 6.69. The van der Waals surface area contributed by atoms with Gasteiger partial charge in [-0.3, -0.25) is 14.9 Å². The van der Waals surface area contributed by atoms with E-state index < -0.39 is 10.8 Å². The Morgan fingerprint density at radius 1 is 1.29 bits per heavy atom. The second-order valence-corrected chi connectivity index (χ2v) is 8.76. The smallest absolute Gasteiger partial charge is 0.300 e. The number of amides is 1. The number of carbonyl (C=O) groups excluding carboxylic acids is 1. The van der Waals surface area contributed by atoms with E-state index >= 15 is 0 Å². The topological polar surface area (TPSA) is 143 Å². The Morgan fingerprint density at radius 2 is 2.03 bits per heavy atom. The highest BCUT2D eigenvalue weighted by atomic mass is 16.6. The SMILES string of the molecule is COCCN(C)c1cc(-c2ccc3c(c2)ncn3C2CCCCC2)c([N+](=O)[O-])c(N)c1C(N)=O. The molecule has 180 valence electrons. The number of fused-ring (bicyclic) bond motifs is 1. The van der Waals surface area contributed by atoms with Gasteiger partial charge in [-0.2, -0.15) is 0 Å². The van der Waals surface area contributed by atoms with Crippen LogP contribution in [0.2, 0.25) is 0 Å². The lowest BCUT2D eigenvalue weighted by Crippen LogP contribution is -2.27. The third-order valence-corrected chi connectivity index (χ3v) is 6.64. The number of primary amides is 1. The Morgan fingerprint density at radius 3 is 2.68 bits per heavy atom. The number of nitrogens with zero attached hydrogens (tertiary/aromatic N) is 4. The number of anilines is 2. The number of carbonyl (C=O) groups is 1. The molecule has 1 amide bonds. The molecule has 1 aromatic heterocycles. The van der Waals surface area contributed by atoms with Crippen LogP contribution in [0.25, 0.3) is 22.2 Å². The van der Waals surface area contributed by atoms with E-state index in [1.807, 2.05) is 24.5 Å². The van der Waals surface area contributed by atoms with Crippen LogP contribution in [-0.4, -0.2) is 47.7 Å². The molecule has 1 saturated carbocycles. The largest absolute Gasteiger partial charge is 0.392 e. The fourth-order valence-corrected chi connectivity index (χ4v) is 4.85. The molecular formula is C24H30N6O4. The van der Waals surface area contributed by atoms with Gasteiger partial charge in [-0.25, -0.2) is 4.98 Å². The van der Waals surface area contributed by atoms with Crippen molar-refractivity contribution in [2.24, 2.45) is 5.73 Å². The van der Waals surface area contributed by atoms with Crippen LogP contribution in [0, 0.1) is 10.1 Å². The van der Waals surface area contributed by atoms with Gasteiger partial charge in [-0.15, -0.1) is 0 Å². The van der Waals surface area contributed by atoms with Crippen molar-refractivity contribution in [2.45, 2.75) is 38.1 Å². The lowest BCUT2D eigenvalue weighted by atomic mass is 9.95. The monoisotopic (exact) mass is 466 g/mol. The number of likely N-dealkylation sites (N-methyl/N-ethyl adjacent to an activating group) is 1. The number of ether oxygens (including phenoxy) is 1. The van der Waals surface area contributed by atoms with E-state index in [1.54, 1.807) is 25.1 Å². The van der Waals surface area contributed by atoms with Crippen molar-refractivity contribution in [3.8, 4) is 11.1 Å². The Balaban J connectivity index is 1.86. The van der Waals surface area contributed by atoms with E-state index in [0.29, 0.717) is 36.0 Å². The molecule has 4 rings (SSSR count). The maximum atomic E-state index is 12.2. The molecule has 1 fully saturated rings. The zero-order valence-corrected chi connectivity index (χ0v) is 19.5. The Bertz CT molecular complexity index is 1230. The zero-order chi connectivity index (χ0) is 24.4. The fraction of sp³-hybridized carbons (Fsp3) is 0.417. The van der Waals surface area contributed by atoms with Gasteiger partial charge in [0.15, 0.2) is 0 Å². The second kappa shape index (κ2) is 9.68. The first-order valence-corrected chi connectivity index (χ1v) is 11.4. The number of imidazole rings is 1. The van der Waals surface area contributed by atoms with E-state index in [0.717, 1.165) is 23.9 Å². The highest BCUT2D eigenvalue weighted by Crippen LogP contribution is 2.42. The molecule has 1 aliphatic rings. The number of nitrogen functional groups attached to an aromatic ring is 1. The van der Waals surface area contributed by atoms with Crippen LogP contribution in [0.5, 0.6) is 0 Å². The molecule has 0 saturated heterocycles. The van der Waals surface area contributed by atoms with Crippen LogP contribution in [0.15, 0.2) is 30.6 Å². The number of rotatable bonds is 8. The van der Waals surface area contributed by atoms with Gasteiger partial charge in [-0.05, 0) is 36.6 Å². The average molecular weight is 467 g/mol. The van der Waals surface area contributed by atoms with Crippen molar-refractivity contribution in [3.05, 3.63) is 46.3 Å². The summed E-state index contributed by atoms with van der Waals surface area (Å²) in [6.45, 7) is 0.837. The number of nitro benzene ring substituents is 1. The number of methoxy groups -OCH3 is 1. The maximum Gasteiger partial charge on any atom is 0.300 e. The molecule has 0 spiro atoms. The summed E-state index contributed by atoms with van der Waals surface area (Å²) in [5.41, 5.74) is 14.2. The van der Waals surface area contributed by atoms with Crippen LogP contribution in [0.4, 0.5) is 17.1 Å². The van der Waals surface area contributed by atoms with Crippen molar-refractivity contribution in [1.29, 1.82) is 0 Å². The summed E-state index contributed by atoms with van der Waals surface area (Å²) in [6.07, 6.45) is 7.79. The van der Waals surface area contributed by atoms with E-state index in [9.17, 15) is 14.9 Å². The molecule has 4 N–H and O–H groups in total. The minimum Gasteiger partial charge on any atom is -0.392 e.